The van der Waals surface area contributed by atoms with Crippen LogP contribution in [0, 0.1) is 0 Å². The number of hydrogen-bond donors (Lipinski definition) is 2. The van der Waals surface area contributed by atoms with Crippen LogP contribution in [-0.4, -0.2) is 26.1 Å². The summed E-state index contributed by atoms with van der Waals surface area (Å²) in [4.78, 5) is 11.5. The smallest absolute Gasteiger partial charge is 0.238 e. The van der Waals surface area contributed by atoms with E-state index in [2.05, 4.69) is 17.6 Å². The van der Waals surface area contributed by atoms with E-state index < -0.39 is 0 Å². The van der Waals surface area contributed by atoms with Gasteiger partial charge in [0.25, 0.3) is 0 Å². The number of methoxy groups -OCH3 is 1. The molecule has 0 saturated heterocycles. The number of nitrogens with one attached hydrogen (secondary N) is 2. The third-order valence-electron chi connectivity index (χ3n) is 2.07. The van der Waals surface area contributed by atoms with Crippen LogP contribution in [0.15, 0.2) is 24.3 Å². The fourth-order valence-corrected chi connectivity index (χ4v) is 1.28. The van der Waals surface area contributed by atoms with Gasteiger partial charge in [-0.2, -0.15) is 0 Å². The molecule has 0 aliphatic heterocycles. The first-order valence-electron chi connectivity index (χ1n) is 5.41. The Labute approximate surface area is 96.0 Å². The molecule has 88 valence electrons. The molecule has 0 aromatic heterocycles. The molecule has 2 N–H and O–H groups in total. The van der Waals surface area contributed by atoms with Crippen molar-refractivity contribution in [2.24, 2.45) is 0 Å². The minimum Gasteiger partial charge on any atom is -0.497 e. The maximum absolute atomic E-state index is 11.5. The molecule has 0 aliphatic rings. The molecule has 0 radical (unpaired) electrons. The van der Waals surface area contributed by atoms with Gasteiger partial charge in [0, 0.05) is 11.8 Å². The summed E-state index contributed by atoms with van der Waals surface area (Å²) in [5.74, 6) is 0.695. The molecule has 0 spiro atoms. The number of benzene rings is 1. The second-order valence-electron chi connectivity index (χ2n) is 3.46. The number of anilines is 1. The quantitative estimate of drug-likeness (QED) is 0.719. The number of hydrogen-bond acceptors (Lipinski definition) is 3. The van der Waals surface area contributed by atoms with Crippen molar-refractivity contribution >= 4 is 11.6 Å². The van der Waals surface area contributed by atoms with Gasteiger partial charge in [-0.25, -0.2) is 0 Å². The molecule has 0 saturated carbocycles. The summed E-state index contributed by atoms with van der Waals surface area (Å²) < 4.78 is 5.07. The molecule has 4 nitrogen and oxygen atoms in total. The summed E-state index contributed by atoms with van der Waals surface area (Å²) >= 11 is 0. The number of amides is 1. The topological polar surface area (TPSA) is 50.4 Å². The van der Waals surface area contributed by atoms with Crippen LogP contribution < -0.4 is 15.4 Å². The zero-order valence-corrected chi connectivity index (χ0v) is 9.75. The van der Waals surface area contributed by atoms with Crippen LogP contribution in [0.3, 0.4) is 0 Å². The van der Waals surface area contributed by atoms with Crippen LogP contribution in [0.25, 0.3) is 0 Å². The monoisotopic (exact) mass is 222 g/mol. The summed E-state index contributed by atoms with van der Waals surface area (Å²) in [6.07, 6.45) is 1.02. The molecule has 0 bridgehead atoms. The Morgan fingerprint density at radius 3 is 2.94 bits per heavy atom. The Morgan fingerprint density at radius 2 is 2.25 bits per heavy atom. The van der Waals surface area contributed by atoms with Crippen LogP contribution >= 0.6 is 0 Å². The van der Waals surface area contributed by atoms with E-state index in [1.165, 1.54) is 0 Å². The fourth-order valence-electron chi connectivity index (χ4n) is 1.28. The van der Waals surface area contributed by atoms with Crippen LogP contribution in [-0.2, 0) is 4.79 Å². The van der Waals surface area contributed by atoms with E-state index in [4.69, 9.17) is 4.74 Å². The van der Waals surface area contributed by atoms with E-state index in [1.807, 2.05) is 18.2 Å². The lowest BCUT2D eigenvalue weighted by atomic mass is 10.3. The highest BCUT2D eigenvalue weighted by Crippen LogP contribution is 2.16. The van der Waals surface area contributed by atoms with Crippen molar-refractivity contribution in [2.75, 3.05) is 25.5 Å². The molecule has 0 unspecified atom stereocenters. The van der Waals surface area contributed by atoms with Crippen molar-refractivity contribution < 1.29 is 9.53 Å². The molecular weight excluding hydrogens is 204 g/mol. The summed E-state index contributed by atoms with van der Waals surface area (Å²) in [6.45, 7) is 3.25. The molecule has 1 rings (SSSR count). The summed E-state index contributed by atoms with van der Waals surface area (Å²) in [6, 6.07) is 7.30. The standard InChI is InChI=1S/C12H18N2O2/c1-3-7-13-9-12(15)14-10-5-4-6-11(8-10)16-2/h4-6,8,13H,3,7,9H2,1-2H3,(H,14,15). The van der Waals surface area contributed by atoms with Crippen molar-refractivity contribution in [3.8, 4) is 5.75 Å². The largest absolute Gasteiger partial charge is 0.497 e. The SMILES string of the molecule is CCCNCC(=O)Nc1cccc(OC)c1. The highest BCUT2D eigenvalue weighted by atomic mass is 16.5. The average molecular weight is 222 g/mol. The van der Waals surface area contributed by atoms with E-state index in [1.54, 1.807) is 13.2 Å². The van der Waals surface area contributed by atoms with E-state index in [0.717, 1.165) is 24.4 Å². The van der Waals surface area contributed by atoms with E-state index in [9.17, 15) is 4.79 Å². The van der Waals surface area contributed by atoms with Gasteiger partial charge in [-0.1, -0.05) is 13.0 Å². The van der Waals surface area contributed by atoms with Gasteiger partial charge >= 0.3 is 0 Å². The third-order valence-corrected chi connectivity index (χ3v) is 2.07. The molecule has 0 aliphatic carbocycles. The van der Waals surface area contributed by atoms with Crippen LogP contribution in [0.4, 0.5) is 5.69 Å². The Kier molecular flexibility index (Phi) is 5.36. The first-order valence-corrected chi connectivity index (χ1v) is 5.41. The lowest BCUT2D eigenvalue weighted by Gasteiger charge is -2.07. The minimum absolute atomic E-state index is 0.0401. The van der Waals surface area contributed by atoms with Crippen molar-refractivity contribution in [1.29, 1.82) is 0 Å². The summed E-state index contributed by atoms with van der Waals surface area (Å²) in [5, 5.41) is 5.83. The zero-order chi connectivity index (χ0) is 11.8. The number of carbonyl (C=O) groups is 1. The number of rotatable bonds is 6. The maximum atomic E-state index is 11.5. The molecular formula is C12H18N2O2. The lowest BCUT2D eigenvalue weighted by molar-refractivity contribution is -0.115. The second-order valence-corrected chi connectivity index (χ2v) is 3.46. The normalized spacial score (nSPS) is 9.88. The van der Waals surface area contributed by atoms with Gasteiger partial charge in [0.15, 0.2) is 0 Å². The summed E-state index contributed by atoms with van der Waals surface area (Å²) in [7, 11) is 1.60. The van der Waals surface area contributed by atoms with Gasteiger partial charge in [0.05, 0.1) is 13.7 Å². The summed E-state index contributed by atoms with van der Waals surface area (Å²) in [5.41, 5.74) is 0.752. The van der Waals surface area contributed by atoms with Crippen LogP contribution in [0.5, 0.6) is 5.75 Å². The van der Waals surface area contributed by atoms with Crippen molar-refractivity contribution in [3.63, 3.8) is 0 Å². The Balaban J connectivity index is 2.43. The molecule has 0 fully saturated rings. The average Bonchev–Trinajstić information content (AvgIpc) is 2.29. The number of ether oxygens (including phenoxy) is 1. The van der Waals surface area contributed by atoms with Gasteiger partial charge in [-0.15, -0.1) is 0 Å². The Morgan fingerprint density at radius 1 is 1.44 bits per heavy atom. The molecule has 4 heteroatoms. The molecule has 0 atom stereocenters. The predicted octanol–water partition coefficient (Wildman–Crippen LogP) is 1.63. The predicted molar refractivity (Wildman–Crippen MR) is 64.8 cm³/mol. The van der Waals surface area contributed by atoms with Gasteiger partial charge < -0.3 is 15.4 Å². The van der Waals surface area contributed by atoms with Crippen LogP contribution in [0.2, 0.25) is 0 Å². The molecule has 1 aromatic rings. The first-order chi connectivity index (χ1) is 7.76. The van der Waals surface area contributed by atoms with Gasteiger partial charge in [0.1, 0.15) is 5.75 Å². The van der Waals surface area contributed by atoms with Crippen molar-refractivity contribution in [1.82, 2.24) is 5.32 Å². The minimum atomic E-state index is -0.0401. The maximum Gasteiger partial charge on any atom is 0.238 e. The van der Waals surface area contributed by atoms with E-state index in [0.29, 0.717) is 6.54 Å². The van der Waals surface area contributed by atoms with E-state index >= 15 is 0 Å². The van der Waals surface area contributed by atoms with Gasteiger partial charge in [-0.05, 0) is 25.1 Å². The zero-order valence-electron chi connectivity index (χ0n) is 9.75. The Bertz CT molecular complexity index is 340. The molecule has 16 heavy (non-hydrogen) atoms. The van der Waals surface area contributed by atoms with Crippen molar-refractivity contribution in [3.05, 3.63) is 24.3 Å². The highest BCUT2D eigenvalue weighted by Gasteiger charge is 2.01. The molecule has 1 amide bonds. The van der Waals surface area contributed by atoms with Crippen molar-refractivity contribution in [2.45, 2.75) is 13.3 Å². The third kappa shape index (κ3) is 4.31. The van der Waals surface area contributed by atoms with Crippen LogP contribution in [0.1, 0.15) is 13.3 Å². The second kappa shape index (κ2) is 6.85. The number of carbonyl (C=O) groups excluding carboxylic acids is 1. The fraction of sp³-hybridized carbons (Fsp3) is 0.417. The Hall–Kier alpha value is -1.55. The van der Waals surface area contributed by atoms with Gasteiger partial charge in [-0.3, -0.25) is 4.79 Å². The molecule has 0 heterocycles. The molecule has 1 aromatic carbocycles. The highest BCUT2D eigenvalue weighted by molar-refractivity contribution is 5.92. The first kappa shape index (κ1) is 12.5. The lowest BCUT2D eigenvalue weighted by Crippen LogP contribution is -2.28. The van der Waals surface area contributed by atoms with Gasteiger partial charge in [0.2, 0.25) is 5.91 Å². The van der Waals surface area contributed by atoms with E-state index in [-0.39, 0.29) is 5.91 Å².